The van der Waals surface area contributed by atoms with Crippen molar-refractivity contribution in [3.63, 3.8) is 0 Å². The number of hydrogen-bond acceptors (Lipinski definition) is 5. The zero-order valence-electron chi connectivity index (χ0n) is 18.0. The molecule has 3 heterocycles. The minimum Gasteiger partial charge on any atom is -0.481 e. The molecule has 0 atom stereocenters. The highest BCUT2D eigenvalue weighted by molar-refractivity contribution is 5.80. The van der Waals surface area contributed by atoms with Gasteiger partial charge in [0.05, 0.1) is 28.7 Å². The van der Waals surface area contributed by atoms with E-state index in [4.69, 9.17) is 9.72 Å². The number of aromatic amines is 1. The summed E-state index contributed by atoms with van der Waals surface area (Å²) in [7, 11) is 0. The van der Waals surface area contributed by atoms with Crippen LogP contribution in [-0.2, 0) is 9.53 Å². The van der Waals surface area contributed by atoms with E-state index < -0.39 is 11.4 Å². The molecular weight excluding hydrogens is 392 g/mol. The summed E-state index contributed by atoms with van der Waals surface area (Å²) in [5.74, 6) is 1.09. The molecule has 1 saturated heterocycles. The van der Waals surface area contributed by atoms with Gasteiger partial charge in [-0.05, 0) is 69.4 Å². The van der Waals surface area contributed by atoms with Crippen LogP contribution in [0.1, 0.15) is 38.2 Å². The Bertz CT molecular complexity index is 1090. The standard InChI is InChI=1S/C24H28N4O3/c1-15-3-5-19-20(11-15)27-22(26-19)16-4-6-21(25-14-16)28-9-7-17(8-10-28)31-18-12-24(2,13-18)23(29)30/h3-6,11,14,17-18H,7-10,12-13H2,1-2H3,(H,26,27)(H,29,30)/t18-,24-. The summed E-state index contributed by atoms with van der Waals surface area (Å²) >= 11 is 0. The third kappa shape index (κ3) is 3.90. The van der Waals surface area contributed by atoms with Crippen LogP contribution in [0.3, 0.4) is 0 Å². The molecule has 0 bridgehead atoms. The molecule has 0 radical (unpaired) electrons. The zero-order chi connectivity index (χ0) is 21.6. The van der Waals surface area contributed by atoms with Crippen LogP contribution in [0, 0.1) is 12.3 Å². The van der Waals surface area contributed by atoms with Crippen LogP contribution in [0.25, 0.3) is 22.4 Å². The van der Waals surface area contributed by atoms with Gasteiger partial charge in [-0.25, -0.2) is 9.97 Å². The lowest BCUT2D eigenvalue weighted by Gasteiger charge is -2.44. The quantitative estimate of drug-likeness (QED) is 0.644. The number of imidazole rings is 1. The molecule has 31 heavy (non-hydrogen) atoms. The highest BCUT2D eigenvalue weighted by atomic mass is 16.5. The SMILES string of the molecule is Cc1ccc2[nH]c(-c3ccc(N4CCC(O[C@H]5C[C@](C)(C(=O)O)C5)CC4)nc3)nc2c1. The lowest BCUT2D eigenvalue weighted by atomic mass is 9.68. The lowest BCUT2D eigenvalue weighted by Crippen LogP contribution is -2.48. The molecule has 1 aliphatic carbocycles. The predicted molar refractivity (Wildman–Crippen MR) is 119 cm³/mol. The Morgan fingerprint density at radius 2 is 1.97 bits per heavy atom. The Hall–Kier alpha value is -2.93. The number of anilines is 1. The fourth-order valence-corrected chi connectivity index (χ4v) is 4.67. The van der Waals surface area contributed by atoms with Crippen LogP contribution < -0.4 is 4.90 Å². The van der Waals surface area contributed by atoms with Gasteiger partial charge in [0.25, 0.3) is 0 Å². The number of rotatable bonds is 5. The maximum atomic E-state index is 11.2. The first kappa shape index (κ1) is 20.0. The monoisotopic (exact) mass is 420 g/mol. The Balaban J connectivity index is 1.17. The first-order valence-electron chi connectivity index (χ1n) is 11.0. The van der Waals surface area contributed by atoms with Crippen LogP contribution in [-0.4, -0.2) is 51.3 Å². The van der Waals surface area contributed by atoms with Crippen LogP contribution >= 0.6 is 0 Å². The second-order valence-electron chi connectivity index (χ2n) is 9.23. The van der Waals surface area contributed by atoms with Crippen LogP contribution in [0.4, 0.5) is 5.82 Å². The third-order valence-corrected chi connectivity index (χ3v) is 6.68. The van der Waals surface area contributed by atoms with E-state index in [1.807, 2.05) is 6.20 Å². The number of benzene rings is 1. The van der Waals surface area contributed by atoms with E-state index in [0.29, 0.717) is 12.8 Å². The van der Waals surface area contributed by atoms with E-state index in [0.717, 1.165) is 54.2 Å². The van der Waals surface area contributed by atoms with Gasteiger partial charge in [-0.15, -0.1) is 0 Å². The van der Waals surface area contributed by atoms with Crippen molar-refractivity contribution >= 4 is 22.8 Å². The highest BCUT2D eigenvalue weighted by Gasteiger charge is 2.47. The molecule has 1 aromatic carbocycles. The number of carbonyl (C=O) groups is 1. The van der Waals surface area contributed by atoms with Gasteiger partial charge in [0.1, 0.15) is 11.6 Å². The molecule has 3 aromatic rings. The molecule has 7 nitrogen and oxygen atoms in total. The number of pyridine rings is 1. The van der Waals surface area contributed by atoms with Crippen LogP contribution in [0.5, 0.6) is 0 Å². The number of nitrogens with one attached hydrogen (secondary N) is 1. The van der Waals surface area contributed by atoms with E-state index >= 15 is 0 Å². The average molecular weight is 421 g/mol. The lowest BCUT2D eigenvalue weighted by molar-refractivity contribution is -0.170. The molecule has 0 amide bonds. The molecule has 0 spiro atoms. The third-order valence-electron chi connectivity index (χ3n) is 6.68. The average Bonchev–Trinajstić information content (AvgIpc) is 3.16. The van der Waals surface area contributed by atoms with E-state index in [9.17, 15) is 9.90 Å². The van der Waals surface area contributed by atoms with E-state index in [1.54, 1.807) is 6.92 Å². The number of carboxylic acids is 1. The molecule has 7 heteroatoms. The topological polar surface area (TPSA) is 91.3 Å². The normalized spacial score (nSPS) is 24.3. The number of aliphatic carboxylic acids is 1. The number of ether oxygens (including phenoxy) is 1. The van der Waals surface area contributed by atoms with Crippen LogP contribution in [0.2, 0.25) is 0 Å². The number of nitrogens with zero attached hydrogens (tertiary/aromatic N) is 3. The van der Waals surface area contributed by atoms with Crippen molar-refractivity contribution in [3.05, 3.63) is 42.1 Å². The molecule has 5 rings (SSSR count). The molecular formula is C24H28N4O3. The van der Waals surface area contributed by atoms with Crippen molar-refractivity contribution in [1.29, 1.82) is 0 Å². The zero-order valence-corrected chi connectivity index (χ0v) is 18.0. The second-order valence-corrected chi connectivity index (χ2v) is 9.23. The minimum atomic E-state index is -0.713. The molecule has 2 aromatic heterocycles. The van der Waals surface area contributed by atoms with Crippen molar-refractivity contribution < 1.29 is 14.6 Å². The van der Waals surface area contributed by atoms with E-state index in [2.05, 4.69) is 52.1 Å². The number of H-pyrrole nitrogens is 1. The number of piperidine rings is 1. The van der Waals surface area contributed by atoms with Gasteiger partial charge < -0.3 is 19.7 Å². The second kappa shape index (κ2) is 7.64. The van der Waals surface area contributed by atoms with Gasteiger partial charge in [-0.2, -0.15) is 0 Å². The number of hydrogen-bond donors (Lipinski definition) is 2. The predicted octanol–water partition coefficient (Wildman–Crippen LogP) is 4.17. The first-order valence-corrected chi connectivity index (χ1v) is 11.0. The van der Waals surface area contributed by atoms with E-state index in [-0.39, 0.29) is 12.2 Å². The van der Waals surface area contributed by atoms with Crippen molar-refractivity contribution in [2.24, 2.45) is 5.41 Å². The Labute approximate surface area is 181 Å². The van der Waals surface area contributed by atoms with Gasteiger partial charge in [0, 0.05) is 24.8 Å². The summed E-state index contributed by atoms with van der Waals surface area (Å²) in [6.45, 7) is 5.66. The summed E-state index contributed by atoms with van der Waals surface area (Å²) in [5.41, 5.74) is 3.57. The van der Waals surface area contributed by atoms with Gasteiger partial charge in [-0.1, -0.05) is 6.07 Å². The molecule has 0 unspecified atom stereocenters. The Morgan fingerprint density at radius 1 is 1.19 bits per heavy atom. The largest absolute Gasteiger partial charge is 0.481 e. The molecule has 1 aliphatic heterocycles. The fourth-order valence-electron chi connectivity index (χ4n) is 4.67. The smallest absolute Gasteiger partial charge is 0.309 e. The molecule has 2 aliphatic rings. The Morgan fingerprint density at radius 3 is 2.65 bits per heavy atom. The van der Waals surface area contributed by atoms with Crippen molar-refractivity contribution in [3.8, 4) is 11.4 Å². The number of aryl methyl sites for hydroxylation is 1. The molecule has 162 valence electrons. The number of carboxylic acid groups (broad SMARTS) is 1. The van der Waals surface area contributed by atoms with Gasteiger partial charge >= 0.3 is 5.97 Å². The minimum absolute atomic E-state index is 0.0858. The molecule has 1 saturated carbocycles. The summed E-state index contributed by atoms with van der Waals surface area (Å²) in [6.07, 6.45) is 5.28. The molecule has 2 fully saturated rings. The van der Waals surface area contributed by atoms with Crippen LogP contribution in [0.15, 0.2) is 36.5 Å². The van der Waals surface area contributed by atoms with Gasteiger partial charge in [0.15, 0.2) is 0 Å². The van der Waals surface area contributed by atoms with Crippen molar-refractivity contribution in [2.45, 2.75) is 51.7 Å². The number of aromatic nitrogens is 3. The summed E-state index contributed by atoms with van der Waals surface area (Å²) < 4.78 is 6.15. The van der Waals surface area contributed by atoms with Crippen molar-refractivity contribution in [2.75, 3.05) is 18.0 Å². The summed E-state index contributed by atoms with van der Waals surface area (Å²) in [6, 6.07) is 10.3. The number of fused-ring (bicyclic) bond motifs is 1. The fraction of sp³-hybridized carbons (Fsp3) is 0.458. The maximum absolute atomic E-state index is 11.2. The summed E-state index contributed by atoms with van der Waals surface area (Å²) in [5, 5.41) is 9.24. The van der Waals surface area contributed by atoms with Crippen molar-refractivity contribution in [1.82, 2.24) is 15.0 Å². The highest BCUT2D eigenvalue weighted by Crippen LogP contribution is 2.43. The Kier molecular flexibility index (Phi) is 4.93. The molecule has 2 N–H and O–H groups in total. The summed E-state index contributed by atoms with van der Waals surface area (Å²) in [4.78, 5) is 26.3. The maximum Gasteiger partial charge on any atom is 0.309 e. The van der Waals surface area contributed by atoms with E-state index in [1.165, 1.54) is 5.56 Å². The first-order chi connectivity index (χ1) is 14.9. The van der Waals surface area contributed by atoms with Gasteiger partial charge in [0.2, 0.25) is 0 Å². The van der Waals surface area contributed by atoms with Gasteiger partial charge in [-0.3, -0.25) is 4.79 Å².